The molecule has 0 fully saturated rings. The van der Waals surface area contributed by atoms with Gasteiger partial charge in [-0.25, -0.2) is 0 Å². The molecule has 2 aromatic carbocycles. The van der Waals surface area contributed by atoms with Gasteiger partial charge in [-0.2, -0.15) is 0 Å². The molecule has 30 heavy (non-hydrogen) atoms. The minimum absolute atomic E-state index is 0.176. The van der Waals surface area contributed by atoms with Gasteiger partial charge in [-0.1, -0.05) is 0 Å². The maximum atomic E-state index is 2.75. The third-order valence-electron chi connectivity index (χ3n) is 7.49. The van der Waals surface area contributed by atoms with Gasteiger partial charge in [0.15, 0.2) is 0 Å². The maximum absolute atomic E-state index is 3.46. The Labute approximate surface area is 186 Å². The summed E-state index contributed by atoms with van der Waals surface area (Å²) in [6, 6.07) is 18.4. The van der Waals surface area contributed by atoms with Crippen LogP contribution >= 0.6 is 0 Å². The van der Waals surface area contributed by atoms with Crippen molar-refractivity contribution < 1.29 is 17.4 Å². The van der Waals surface area contributed by atoms with Crippen LogP contribution in [0.15, 0.2) is 59.7 Å². The predicted octanol–water partition coefficient (Wildman–Crippen LogP) is 7.69. The van der Waals surface area contributed by atoms with Crippen molar-refractivity contribution in [1.82, 2.24) is 0 Å². The Bertz CT molecular complexity index is 1060. The van der Waals surface area contributed by atoms with Gasteiger partial charge in [0.05, 0.1) is 0 Å². The SMILES string of the molecule is CC(C)(C)C1=Cc2ccccc2[CH]1[Zr]([CH3])([CH3])(=[SiH2])[CH]1C(C(C)(C)C)=Cc2ccccc21. The first-order valence-corrected chi connectivity index (χ1v) is 25.1. The average molecular weight is 494 g/mol. The molecule has 0 amide bonds. The summed E-state index contributed by atoms with van der Waals surface area (Å²) in [7, 11) is 0. The van der Waals surface area contributed by atoms with E-state index in [4.69, 9.17) is 0 Å². The van der Waals surface area contributed by atoms with Crippen molar-refractivity contribution in [1.29, 1.82) is 0 Å². The number of allylic oxidation sites excluding steroid dienone is 2. The summed E-state index contributed by atoms with van der Waals surface area (Å²) in [5.41, 5.74) is 9.76. The van der Waals surface area contributed by atoms with Gasteiger partial charge >= 0.3 is 187 Å². The van der Waals surface area contributed by atoms with Crippen LogP contribution in [0.4, 0.5) is 0 Å². The molecule has 0 aromatic heterocycles. The third-order valence-corrected chi connectivity index (χ3v) is 24.7. The number of benzene rings is 2. The Morgan fingerprint density at radius 2 is 0.967 bits per heavy atom. The Morgan fingerprint density at radius 1 is 0.633 bits per heavy atom. The van der Waals surface area contributed by atoms with E-state index in [9.17, 15) is 0 Å². The van der Waals surface area contributed by atoms with Crippen molar-refractivity contribution in [3.05, 3.63) is 81.9 Å². The van der Waals surface area contributed by atoms with Crippen LogP contribution in [-0.2, 0) is 17.4 Å². The molecule has 0 saturated heterocycles. The van der Waals surface area contributed by atoms with E-state index in [1.807, 2.05) is 0 Å². The summed E-state index contributed by atoms with van der Waals surface area (Å²) < 4.78 is 6.67. The van der Waals surface area contributed by atoms with Gasteiger partial charge in [0.2, 0.25) is 0 Å². The van der Waals surface area contributed by atoms with Gasteiger partial charge in [-0.05, 0) is 0 Å². The van der Waals surface area contributed by atoms with Gasteiger partial charge in [0, 0.05) is 0 Å². The summed E-state index contributed by atoms with van der Waals surface area (Å²) in [6.45, 7) is 16.9. The molecule has 0 heterocycles. The normalized spacial score (nSPS) is 21.8. The molecular formula is C28H38SiZr. The second-order valence-electron chi connectivity index (χ2n) is 12.8. The molecule has 0 N–H and O–H groups in total. The fourth-order valence-corrected chi connectivity index (χ4v) is 26.1. The number of fused-ring (bicyclic) bond motifs is 2. The predicted molar refractivity (Wildman–Crippen MR) is 134 cm³/mol. The van der Waals surface area contributed by atoms with Crippen molar-refractivity contribution in [2.45, 2.75) is 58.1 Å². The molecule has 2 aliphatic rings. The third kappa shape index (κ3) is 3.43. The molecule has 2 heteroatoms. The summed E-state index contributed by atoms with van der Waals surface area (Å²) in [4.78, 5) is 0. The van der Waals surface area contributed by atoms with Gasteiger partial charge in [-0.15, -0.1) is 0 Å². The van der Waals surface area contributed by atoms with Crippen molar-refractivity contribution in [2.24, 2.45) is 10.8 Å². The molecule has 158 valence electrons. The Balaban J connectivity index is 2.00. The second-order valence-corrected chi connectivity index (χ2v) is 43.2. The Hall–Kier alpha value is -0.980. The number of hydrogen-bond donors (Lipinski definition) is 0. The van der Waals surface area contributed by atoms with E-state index in [1.165, 1.54) is 11.1 Å². The standard InChI is InChI=1S/2C13H15.2CH3.H2Si.Zr/c2*1-13(2,3)12-8-10-6-4-5-7-11(10)9-12;;;;/h2*4-9H,1-3H3;2*1H3;1H2;. The topological polar surface area (TPSA) is 0 Å². The molecule has 2 atom stereocenters. The quantitative estimate of drug-likeness (QED) is 0.376. The first kappa shape index (κ1) is 22.2. The fourth-order valence-electron chi connectivity index (χ4n) is 6.16. The van der Waals surface area contributed by atoms with Crippen molar-refractivity contribution >= 4 is 19.0 Å². The summed E-state index contributed by atoms with van der Waals surface area (Å²) in [5.74, 6) is 0. The van der Waals surface area contributed by atoms with E-state index in [2.05, 4.69) is 118 Å². The summed E-state index contributed by atoms with van der Waals surface area (Å²) in [6.07, 6.45) is 5.07. The van der Waals surface area contributed by atoms with Crippen molar-refractivity contribution in [2.75, 3.05) is 0 Å². The van der Waals surface area contributed by atoms with Crippen LogP contribution in [0.3, 0.4) is 0 Å². The van der Waals surface area contributed by atoms with Crippen LogP contribution in [0, 0.1) is 10.8 Å². The molecule has 0 aliphatic heterocycles. The molecule has 2 aliphatic carbocycles. The molecular weight excluding hydrogens is 456 g/mol. The van der Waals surface area contributed by atoms with E-state index >= 15 is 0 Å². The number of hydrogen-bond acceptors (Lipinski definition) is 0. The summed E-state index contributed by atoms with van der Waals surface area (Å²) >= 11 is -3.46. The van der Waals surface area contributed by atoms with Crippen LogP contribution in [0.2, 0.25) is 9.26 Å². The van der Waals surface area contributed by atoms with Gasteiger partial charge in [0.25, 0.3) is 0 Å². The Kier molecular flexibility index (Phi) is 5.01. The second kappa shape index (κ2) is 6.76. The molecule has 0 saturated carbocycles. The van der Waals surface area contributed by atoms with Crippen molar-refractivity contribution in [3.8, 4) is 0 Å². The van der Waals surface area contributed by atoms with E-state index in [0.29, 0.717) is 7.25 Å². The van der Waals surface area contributed by atoms with Crippen LogP contribution in [0.1, 0.15) is 71.0 Å². The molecule has 0 nitrogen and oxygen atoms in total. The molecule has 0 bridgehead atoms. The minimum atomic E-state index is -3.46. The first-order chi connectivity index (χ1) is 13.7. The van der Waals surface area contributed by atoms with Crippen LogP contribution in [0.25, 0.3) is 12.2 Å². The van der Waals surface area contributed by atoms with E-state index in [0.717, 1.165) is 0 Å². The van der Waals surface area contributed by atoms with Gasteiger partial charge in [-0.3, -0.25) is 0 Å². The molecule has 0 radical (unpaired) electrons. The first-order valence-electron chi connectivity index (χ1n) is 11.4. The van der Waals surface area contributed by atoms with Crippen LogP contribution in [0.5, 0.6) is 0 Å². The molecule has 0 spiro atoms. The van der Waals surface area contributed by atoms with Crippen LogP contribution < -0.4 is 0 Å². The molecule has 4 rings (SSSR count). The average Bonchev–Trinajstić information content (AvgIpc) is 3.21. The van der Waals surface area contributed by atoms with E-state index < -0.39 is 17.4 Å². The number of rotatable bonds is 2. The summed E-state index contributed by atoms with van der Waals surface area (Å²) in [5, 5.41) is 0. The van der Waals surface area contributed by atoms with Gasteiger partial charge < -0.3 is 0 Å². The zero-order valence-electron chi connectivity index (χ0n) is 20.1. The Morgan fingerprint density at radius 3 is 1.30 bits per heavy atom. The van der Waals surface area contributed by atoms with E-state index in [-0.39, 0.29) is 10.8 Å². The molecule has 2 aromatic rings. The fraction of sp³-hybridized carbons (Fsp3) is 0.429. The monoisotopic (exact) mass is 492 g/mol. The van der Waals surface area contributed by atoms with E-state index in [1.54, 1.807) is 22.3 Å². The zero-order valence-corrected chi connectivity index (χ0v) is 24.0. The van der Waals surface area contributed by atoms with Gasteiger partial charge in [0.1, 0.15) is 0 Å². The van der Waals surface area contributed by atoms with Crippen LogP contribution in [-0.4, -0.2) is 6.88 Å². The zero-order chi connectivity index (χ0) is 22.1. The van der Waals surface area contributed by atoms with Crippen molar-refractivity contribution in [3.63, 3.8) is 0 Å². The molecule has 2 unspecified atom stereocenters.